The highest BCUT2D eigenvalue weighted by Gasteiger charge is 2.52. The quantitative estimate of drug-likeness (QED) is 0.867. The fourth-order valence-corrected chi connectivity index (χ4v) is 2.10. The van der Waals surface area contributed by atoms with E-state index in [1.165, 1.54) is 13.0 Å². The molecule has 0 radical (unpaired) electrons. The summed E-state index contributed by atoms with van der Waals surface area (Å²) >= 11 is 0. The monoisotopic (exact) mass is 244 g/mol. The van der Waals surface area contributed by atoms with Gasteiger partial charge in [-0.3, -0.25) is 4.79 Å². The van der Waals surface area contributed by atoms with E-state index in [4.69, 9.17) is 5.11 Å². The first-order valence-corrected chi connectivity index (χ1v) is 5.19. The average Bonchev–Trinajstić information content (AvgIpc) is 2.96. The Bertz CT molecular complexity index is 473. The molecule has 1 fully saturated rings. The molecule has 1 saturated carbocycles. The van der Waals surface area contributed by atoms with Crippen LogP contribution in [0.1, 0.15) is 29.5 Å². The molecule has 92 valence electrons. The number of rotatable bonds is 2. The zero-order valence-corrected chi connectivity index (χ0v) is 9.14. The van der Waals surface area contributed by atoms with E-state index in [-0.39, 0.29) is 0 Å². The second kappa shape index (κ2) is 3.48. The maximum absolute atomic E-state index is 12.5. The molecular weight excluding hydrogens is 233 g/mol. The summed E-state index contributed by atoms with van der Waals surface area (Å²) in [4.78, 5) is 11.1. The third-order valence-electron chi connectivity index (χ3n) is 3.23. The Balaban J connectivity index is 2.43. The van der Waals surface area contributed by atoms with Gasteiger partial charge in [-0.05, 0) is 43.0 Å². The molecule has 0 bridgehead atoms. The molecule has 0 saturated heterocycles. The lowest BCUT2D eigenvalue weighted by Gasteiger charge is -2.15. The normalized spacial score (nSPS) is 17.9. The van der Waals surface area contributed by atoms with Crippen LogP contribution in [0.25, 0.3) is 0 Å². The molecular formula is C12H11F3O2. The molecule has 0 aromatic heterocycles. The smallest absolute Gasteiger partial charge is 0.416 e. The Morgan fingerprint density at radius 3 is 2.29 bits per heavy atom. The molecule has 0 heterocycles. The van der Waals surface area contributed by atoms with Crippen LogP contribution < -0.4 is 0 Å². The molecule has 1 N–H and O–H groups in total. The van der Waals surface area contributed by atoms with Crippen molar-refractivity contribution >= 4 is 5.97 Å². The lowest BCUT2D eigenvalue weighted by molar-refractivity contribution is -0.140. The average molecular weight is 244 g/mol. The van der Waals surface area contributed by atoms with Gasteiger partial charge in [-0.2, -0.15) is 13.2 Å². The summed E-state index contributed by atoms with van der Waals surface area (Å²) < 4.78 is 37.4. The predicted molar refractivity (Wildman–Crippen MR) is 54.7 cm³/mol. The second-order valence-electron chi connectivity index (χ2n) is 4.41. The molecule has 2 nitrogen and oxygen atoms in total. The van der Waals surface area contributed by atoms with Gasteiger partial charge in [0, 0.05) is 0 Å². The van der Waals surface area contributed by atoms with Gasteiger partial charge < -0.3 is 5.11 Å². The SMILES string of the molecule is Cc1cc(C(F)(F)F)ccc1C1(C(=O)O)CC1. The maximum Gasteiger partial charge on any atom is 0.416 e. The molecule has 0 spiro atoms. The van der Waals surface area contributed by atoms with E-state index >= 15 is 0 Å². The van der Waals surface area contributed by atoms with E-state index in [1.807, 2.05) is 0 Å². The molecule has 0 amide bonds. The second-order valence-corrected chi connectivity index (χ2v) is 4.41. The molecule has 2 rings (SSSR count). The minimum Gasteiger partial charge on any atom is -0.481 e. The Morgan fingerprint density at radius 1 is 1.35 bits per heavy atom. The molecule has 1 aromatic rings. The van der Waals surface area contributed by atoms with Crippen LogP contribution in [0.3, 0.4) is 0 Å². The maximum atomic E-state index is 12.5. The van der Waals surface area contributed by atoms with Gasteiger partial charge in [0.15, 0.2) is 0 Å². The Morgan fingerprint density at radius 2 is 1.94 bits per heavy atom. The summed E-state index contributed by atoms with van der Waals surface area (Å²) in [5.74, 6) is -0.958. The van der Waals surface area contributed by atoms with Crippen molar-refractivity contribution in [1.82, 2.24) is 0 Å². The zero-order valence-electron chi connectivity index (χ0n) is 9.14. The van der Waals surface area contributed by atoms with Crippen LogP contribution in [0.5, 0.6) is 0 Å². The third kappa shape index (κ3) is 1.90. The van der Waals surface area contributed by atoms with E-state index in [2.05, 4.69) is 0 Å². The van der Waals surface area contributed by atoms with Crippen molar-refractivity contribution in [2.75, 3.05) is 0 Å². The number of carboxylic acids is 1. The van der Waals surface area contributed by atoms with Crippen LogP contribution in [0, 0.1) is 6.92 Å². The van der Waals surface area contributed by atoms with E-state index in [9.17, 15) is 18.0 Å². The van der Waals surface area contributed by atoms with Crippen molar-refractivity contribution in [2.45, 2.75) is 31.4 Å². The molecule has 0 atom stereocenters. The number of alkyl halides is 3. The van der Waals surface area contributed by atoms with E-state index in [0.29, 0.717) is 24.0 Å². The number of aryl methyl sites for hydroxylation is 1. The van der Waals surface area contributed by atoms with Gasteiger partial charge in [0.25, 0.3) is 0 Å². The number of hydrogen-bond acceptors (Lipinski definition) is 1. The highest BCUT2D eigenvalue weighted by molar-refractivity contribution is 5.85. The third-order valence-corrected chi connectivity index (χ3v) is 3.23. The van der Waals surface area contributed by atoms with Gasteiger partial charge in [0.05, 0.1) is 11.0 Å². The summed E-state index contributed by atoms with van der Waals surface area (Å²) in [5.41, 5.74) is -0.800. The minimum atomic E-state index is -4.39. The van der Waals surface area contributed by atoms with Gasteiger partial charge >= 0.3 is 12.1 Å². The van der Waals surface area contributed by atoms with Crippen LogP contribution in [-0.4, -0.2) is 11.1 Å². The van der Waals surface area contributed by atoms with E-state index in [1.54, 1.807) is 0 Å². The lowest BCUT2D eigenvalue weighted by atomic mass is 9.91. The summed E-state index contributed by atoms with van der Waals surface area (Å²) in [6.07, 6.45) is -3.40. The van der Waals surface area contributed by atoms with Crippen LogP contribution in [-0.2, 0) is 16.4 Å². The van der Waals surface area contributed by atoms with Crippen LogP contribution in [0.15, 0.2) is 18.2 Å². The zero-order chi connectivity index (χ0) is 12.8. The fraction of sp³-hybridized carbons (Fsp3) is 0.417. The van der Waals surface area contributed by atoms with E-state index < -0.39 is 23.1 Å². The van der Waals surface area contributed by atoms with Crippen LogP contribution in [0.2, 0.25) is 0 Å². The largest absolute Gasteiger partial charge is 0.481 e. The summed E-state index contributed by atoms with van der Waals surface area (Å²) in [6.45, 7) is 1.52. The van der Waals surface area contributed by atoms with Crippen molar-refractivity contribution < 1.29 is 23.1 Å². The van der Waals surface area contributed by atoms with Gasteiger partial charge in [0.2, 0.25) is 0 Å². The fourth-order valence-electron chi connectivity index (χ4n) is 2.10. The Kier molecular flexibility index (Phi) is 2.45. The predicted octanol–water partition coefficient (Wildman–Crippen LogP) is 3.13. The molecule has 0 unspecified atom stereocenters. The van der Waals surface area contributed by atoms with Crippen molar-refractivity contribution in [2.24, 2.45) is 0 Å². The molecule has 1 aromatic carbocycles. The van der Waals surface area contributed by atoms with Gasteiger partial charge in [-0.1, -0.05) is 6.07 Å². The molecule has 1 aliphatic rings. The number of hydrogen-bond donors (Lipinski definition) is 1. The molecule has 1 aliphatic carbocycles. The molecule has 0 aliphatic heterocycles. The van der Waals surface area contributed by atoms with Crippen molar-refractivity contribution in [1.29, 1.82) is 0 Å². The topological polar surface area (TPSA) is 37.3 Å². The van der Waals surface area contributed by atoms with Gasteiger partial charge in [0.1, 0.15) is 0 Å². The number of aliphatic carboxylic acids is 1. The Hall–Kier alpha value is -1.52. The highest BCUT2D eigenvalue weighted by Crippen LogP contribution is 2.50. The van der Waals surface area contributed by atoms with Gasteiger partial charge in [-0.15, -0.1) is 0 Å². The van der Waals surface area contributed by atoms with Crippen LogP contribution >= 0.6 is 0 Å². The van der Waals surface area contributed by atoms with Crippen molar-refractivity contribution in [3.8, 4) is 0 Å². The standard InChI is InChI=1S/C12H11F3O2/c1-7-6-8(12(13,14)15)2-3-9(7)11(4-5-11)10(16)17/h2-3,6H,4-5H2,1H3,(H,16,17). The number of carbonyl (C=O) groups is 1. The summed E-state index contributed by atoms with van der Waals surface area (Å²) in [7, 11) is 0. The molecule has 17 heavy (non-hydrogen) atoms. The highest BCUT2D eigenvalue weighted by atomic mass is 19.4. The summed E-state index contributed by atoms with van der Waals surface area (Å²) in [6, 6.07) is 3.25. The first-order valence-electron chi connectivity index (χ1n) is 5.19. The number of halogens is 3. The van der Waals surface area contributed by atoms with E-state index in [0.717, 1.165) is 12.1 Å². The Labute approximate surface area is 96.1 Å². The van der Waals surface area contributed by atoms with Crippen LogP contribution in [0.4, 0.5) is 13.2 Å². The minimum absolute atomic E-state index is 0.389. The summed E-state index contributed by atoms with van der Waals surface area (Å²) in [5, 5.41) is 9.09. The first kappa shape index (κ1) is 12.0. The van der Waals surface area contributed by atoms with Crippen molar-refractivity contribution in [3.05, 3.63) is 34.9 Å². The van der Waals surface area contributed by atoms with Gasteiger partial charge in [-0.25, -0.2) is 0 Å². The number of carboxylic acid groups (broad SMARTS) is 1. The lowest BCUT2D eigenvalue weighted by Crippen LogP contribution is -2.21. The molecule has 5 heteroatoms. The van der Waals surface area contributed by atoms with Crippen molar-refractivity contribution in [3.63, 3.8) is 0 Å². The number of benzene rings is 1. The first-order chi connectivity index (χ1) is 7.77.